The lowest BCUT2D eigenvalue weighted by Crippen LogP contribution is -2.45. The van der Waals surface area contributed by atoms with E-state index in [1.807, 2.05) is 30.3 Å². The van der Waals surface area contributed by atoms with Crippen LogP contribution < -0.4 is 10.6 Å². The van der Waals surface area contributed by atoms with Crippen molar-refractivity contribution in [3.63, 3.8) is 0 Å². The van der Waals surface area contributed by atoms with Crippen molar-refractivity contribution >= 4 is 11.7 Å². The van der Waals surface area contributed by atoms with Crippen LogP contribution in [0.4, 0.5) is 10.5 Å². The maximum absolute atomic E-state index is 11.9. The molecule has 2 rings (SSSR count). The maximum atomic E-state index is 11.9. The van der Waals surface area contributed by atoms with E-state index in [2.05, 4.69) is 24.5 Å². The highest BCUT2D eigenvalue weighted by atomic mass is 16.2. The van der Waals surface area contributed by atoms with E-state index >= 15 is 0 Å². The predicted molar refractivity (Wildman–Crippen MR) is 74.6 cm³/mol. The predicted octanol–water partition coefficient (Wildman–Crippen LogP) is 3.63. The molecule has 0 aliphatic heterocycles. The molecule has 1 aliphatic carbocycles. The molecular formula is C15H22N2O. The van der Waals surface area contributed by atoms with Gasteiger partial charge in [0.1, 0.15) is 0 Å². The number of rotatable bonds is 2. The number of amides is 2. The van der Waals surface area contributed by atoms with Crippen LogP contribution in [-0.4, -0.2) is 12.1 Å². The summed E-state index contributed by atoms with van der Waals surface area (Å²) in [7, 11) is 0. The average Bonchev–Trinajstić information content (AvgIpc) is 2.36. The summed E-state index contributed by atoms with van der Waals surface area (Å²) in [5.74, 6) is 1.25. The molecule has 2 amide bonds. The molecule has 1 fully saturated rings. The van der Waals surface area contributed by atoms with Crippen LogP contribution in [0.1, 0.15) is 33.1 Å². The zero-order valence-electron chi connectivity index (χ0n) is 11.1. The smallest absolute Gasteiger partial charge is 0.319 e. The third-order valence-corrected chi connectivity index (χ3v) is 4.05. The average molecular weight is 246 g/mol. The molecule has 2 N–H and O–H groups in total. The van der Waals surface area contributed by atoms with Gasteiger partial charge in [-0.15, -0.1) is 0 Å². The zero-order valence-corrected chi connectivity index (χ0v) is 11.1. The maximum Gasteiger partial charge on any atom is 0.319 e. The highest BCUT2D eigenvalue weighted by Gasteiger charge is 2.27. The highest BCUT2D eigenvalue weighted by Crippen LogP contribution is 2.29. The Morgan fingerprint density at radius 1 is 1.17 bits per heavy atom. The van der Waals surface area contributed by atoms with Gasteiger partial charge in [0.25, 0.3) is 0 Å². The number of para-hydroxylation sites is 1. The quantitative estimate of drug-likeness (QED) is 0.822. The molecule has 0 radical (unpaired) electrons. The first-order chi connectivity index (χ1) is 8.66. The molecule has 0 saturated heterocycles. The minimum atomic E-state index is -0.0906. The van der Waals surface area contributed by atoms with Gasteiger partial charge < -0.3 is 10.6 Å². The fraction of sp³-hybridized carbons (Fsp3) is 0.533. The Bertz CT molecular complexity index is 391. The molecule has 0 heterocycles. The van der Waals surface area contributed by atoms with Crippen LogP contribution in [0, 0.1) is 11.8 Å². The van der Waals surface area contributed by atoms with E-state index < -0.39 is 0 Å². The lowest BCUT2D eigenvalue weighted by atomic mass is 9.78. The third-order valence-electron chi connectivity index (χ3n) is 4.05. The highest BCUT2D eigenvalue weighted by molar-refractivity contribution is 5.89. The SMILES string of the molecule is C[C@H]1[C@@H](NC(=O)Nc2ccccc2)CCC[C@@H]1C. The van der Waals surface area contributed by atoms with Crippen molar-refractivity contribution in [3.05, 3.63) is 30.3 Å². The number of carbonyl (C=O) groups excluding carboxylic acids is 1. The van der Waals surface area contributed by atoms with E-state index in [9.17, 15) is 4.79 Å². The second-order valence-electron chi connectivity index (χ2n) is 5.34. The number of urea groups is 1. The van der Waals surface area contributed by atoms with Crippen LogP contribution in [0.25, 0.3) is 0 Å². The second-order valence-corrected chi connectivity index (χ2v) is 5.34. The number of hydrogen-bond acceptors (Lipinski definition) is 1. The van der Waals surface area contributed by atoms with Crippen molar-refractivity contribution in [2.24, 2.45) is 11.8 Å². The topological polar surface area (TPSA) is 41.1 Å². The molecule has 0 aromatic heterocycles. The Labute approximate surface area is 109 Å². The van der Waals surface area contributed by atoms with Crippen LogP contribution in [0.15, 0.2) is 30.3 Å². The fourth-order valence-corrected chi connectivity index (χ4v) is 2.64. The number of carbonyl (C=O) groups is 1. The van der Waals surface area contributed by atoms with Crippen LogP contribution in [0.2, 0.25) is 0 Å². The van der Waals surface area contributed by atoms with Gasteiger partial charge in [0.2, 0.25) is 0 Å². The first-order valence-electron chi connectivity index (χ1n) is 6.79. The second kappa shape index (κ2) is 5.89. The first kappa shape index (κ1) is 12.9. The summed E-state index contributed by atoms with van der Waals surface area (Å²) in [4.78, 5) is 11.9. The summed E-state index contributed by atoms with van der Waals surface area (Å²) >= 11 is 0. The molecule has 0 spiro atoms. The van der Waals surface area contributed by atoms with Gasteiger partial charge in [-0.05, 0) is 30.4 Å². The van der Waals surface area contributed by atoms with Gasteiger partial charge >= 0.3 is 6.03 Å². The van der Waals surface area contributed by atoms with Crippen LogP contribution in [0.5, 0.6) is 0 Å². The molecule has 0 bridgehead atoms. The van der Waals surface area contributed by atoms with E-state index in [0.717, 1.165) is 12.1 Å². The van der Waals surface area contributed by atoms with Crippen molar-refractivity contribution in [3.8, 4) is 0 Å². The van der Waals surface area contributed by atoms with E-state index in [4.69, 9.17) is 0 Å². The van der Waals surface area contributed by atoms with E-state index in [0.29, 0.717) is 17.9 Å². The molecular weight excluding hydrogens is 224 g/mol. The largest absolute Gasteiger partial charge is 0.335 e. The van der Waals surface area contributed by atoms with Crippen molar-refractivity contribution < 1.29 is 4.79 Å². The number of anilines is 1. The summed E-state index contributed by atoms with van der Waals surface area (Å²) < 4.78 is 0. The van der Waals surface area contributed by atoms with Crippen molar-refractivity contribution in [1.82, 2.24) is 5.32 Å². The normalized spacial score (nSPS) is 27.6. The molecule has 1 aromatic rings. The monoisotopic (exact) mass is 246 g/mol. The molecule has 3 nitrogen and oxygen atoms in total. The van der Waals surface area contributed by atoms with Gasteiger partial charge in [-0.1, -0.05) is 44.9 Å². The molecule has 3 atom stereocenters. The number of benzene rings is 1. The standard InChI is InChI=1S/C15H22N2O/c1-11-7-6-10-14(12(11)2)17-15(18)16-13-8-4-3-5-9-13/h3-5,8-9,11-12,14H,6-7,10H2,1-2H3,(H2,16,17,18)/t11-,12+,14-/m0/s1. The molecule has 0 unspecified atom stereocenters. The van der Waals surface area contributed by atoms with Crippen LogP contribution >= 0.6 is 0 Å². The molecule has 1 saturated carbocycles. The van der Waals surface area contributed by atoms with E-state index in [-0.39, 0.29) is 6.03 Å². The zero-order chi connectivity index (χ0) is 13.0. The minimum absolute atomic E-state index is 0.0906. The van der Waals surface area contributed by atoms with Crippen LogP contribution in [-0.2, 0) is 0 Å². The Hall–Kier alpha value is -1.51. The lowest BCUT2D eigenvalue weighted by molar-refractivity contribution is 0.201. The Kier molecular flexibility index (Phi) is 4.24. The minimum Gasteiger partial charge on any atom is -0.335 e. The lowest BCUT2D eigenvalue weighted by Gasteiger charge is -2.34. The molecule has 18 heavy (non-hydrogen) atoms. The summed E-state index contributed by atoms with van der Waals surface area (Å²) in [6.07, 6.45) is 3.58. The van der Waals surface area contributed by atoms with Crippen LogP contribution in [0.3, 0.4) is 0 Å². The third kappa shape index (κ3) is 3.25. The number of hydrogen-bond donors (Lipinski definition) is 2. The van der Waals surface area contributed by atoms with Gasteiger partial charge in [-0.2, -0.15) is 0 Å². The fourth-order valence-electron chi connectivity index (χ4n) is 2.64. The van der Waals surface area contributed by atoms with Crippen molar-refractivity contribution in [1.29, 1.82) is 0 Å². The van der Waals surface area contributed by atoms with Gasteiger partial charge in [0.05, 0.1) is 0 Å². The molecule has 3 heteroatoms. The summed E-state index contributed by atoms with van der Waals surface area (Å²) in [6.45, 7) is 4.50. The number of nitrogens with one attached hydrogen (secondary N) is 2. The van der Waals surface area contributed by atoms with Gasteiger partial charge in [-0.25, -0.2) is 4.79 Å². The summed E-state index contributed by atoms with van der Waals surface area (Å²) in [6, 6.07) is 9.78. The van der Waals surface area contributed by atoms with Gasteiger partial charge in [0.15, 0.2) is 0 Å². The van der Waals surface area contributed by atoms with E-state index in [1.54, 1.807) is 0 Å². The molecule has 1 aromatic carbocycles. The Balaban J connectivity index is 1.87. The summed E-state index contributed by atoms with van der Waals surface area (Å²) in [5, 5.41) is 5.97. The first-order valence-corrected chi connectivity index (χ1v) is 6.79. The van der Waals surface area contributed by atoms with Crippen molar-refractivity contribution in [2.45, 2.75) is 39.2 Å². The van der Waals surface area contributed by atoms with Gasteiger partial charge in [0, 0.05) is 11.7 Å². The molecule has 1 aliphatic rings. The van der Waals surface area contributed by atoms with E-state index in [1.165, 1.54) is 12.8 Å². The Morgan fingerprint density at radius 2 is 1.89 bits per heavy atom. The molecule has 98 valence electrons. The van der Waals surface area contributed by atoms with Gasteiger partial charge in [-0.3, -0.25) is 0 Å². The van der Waals surface area contributed by atoms with Crippen molar-refractivity contribution in [2.75, 3.05) is 5.32 Å². The summed E-state index contributed by atoms with van der Waals surface area (Å²) in [5.41, 5.74) is 0.839. The Morgan fingerprint density at radius 3 is 2.61 bits per heavy atom.